The first-order valence-corrected chi connectivity index (χ1v) is 12.8. The van der Waals surface area contributed by atoms with E-state index in [4.69, 9.17) is 19.3 Å². The number of benzene rings is 3. The molecular formula is C30H34N2O3. The number of nitrogens with zero attached hydrogens (tertiary/aromatic N) is 2. The van der Waals surface area contributed by atoms with Crippen molar-refractivity contribution in [2.45, 2.75) is 57.7 Å². The lowest BCUT2D eigenvalue weighted by atomic mass is 9.96. The molecule has 0 fully saturated rings. The van der Waals surface area contributed by atoms with Crippen molar-refractivity contribution in [1.29, 1.82) is 0 Å². The van der Waals surface area contributed by atoms with Crippen molar-refractivity contribution in [3.05, 3.63) is 89.5 Å². The maximum Gasteiger partial charge on any atom is 0.213 e. The van der Waals surface area contributed by atoms with Crippen LogP contribution in [0, 0.1) is 0 Å². The zero-order chi connectivity index (χ0) is 24.0. The summed E-state index contributed by atoms with van der Waals surface area (Å²) < 4.78 is 17.8. The fourth-order valence-electron chi connectivity index (χ4n) is 4.84. The molecule has 0 radical (unpaired) electrons. The number of para-hydroxylation sites is 1. The van der Waals surface area contributed by atoms with Crippen LogP contribution in [0.2, 0.25) is 0 Å². The second-order valence-corrected chi connectivity index (χ2v) is 9.21. The first kappa shape index (κ1) is 23.3. The predicted octanol–water partition coefficient (Wildman–Crippen LogP) is 7.29. The number of hydrogen-bond acceptors (Lipinski definition) is 5. The Morgan fingerprint density at radius 1 is 0.886 bits per heavy atom. The Hall–Kier alpha value is -3.47. The van der Waals surface area contributed by atoms with Crippen LogP contribution in [0.25, 0.3) is 0 Å². The summed E-state index contributed by atoms with van der Waals surface area (Å²) in [5, 5.41) is 7.17. The van der Waals surface area contributed by atoms with E-state index in [1.54, 1.807) is 7.11 Å². The highest BCUT2D eigenvalue weighted by Crippen LogP contribution is 2.47. The highest BCUT2D eigenvalue weighted by atomic mass is 16.5. The summed E-state index contributed by atoms with van der Waals surface area (Å²) in [5.41, 5.74) is 4.42. The van der Waals surface area contributed by atoms with Gasteiger partial charge in [0, 0.05) is 17.5 Å². The van der Waals surface area contributed by atoms with Crippen LogP contribution in [0.1, 0.15) is 74.4 Å². The molecule has 0 spiro atoms. The van der Waals surface area contributed by atoms with Gasteiger partial charge in [-0.25, -0.2) is 5.01 Å². The van der Waals surface area contributed by atoms with Crippen LogP contribution >= 0.6 is 0 Å². The lowest BCUT2D eigenvalue weighted by Crippen LogP contribution is -2.33. The quantitative estimate of drug-likeness (QED) is 0.292. The molecule has 2 aliphatic rings. The van der Waals surface area contributed by atoms with E-state index < -0.39 is 0 Å². The van der Waals surface area contributed by atoms with Gasteiger partial charge in [0.1, 0.15) is 17.2 Å². The summed E-state index contributed by atoms with van der Waals surface area (Å²) >= 11 is 0. The minimum atomic E-state index is -0.284. The molecule has 3 aromatic carbocycles. The Balaban J connectivity index is 1.34. The van der Waals surface area contributed by atoms with Gasteiger partial charge in [0.15, 0.2) is 0 Å². The van der Waals surface area contributed by atoms with Gasteiger partial charge in [-0.1, -0.05) is 50.8 Å². The summed E-state index contributed by atoms with van der Waals surface area (Å²) in [6, 6.07) is 24.9. The van der Waals surface area contributed by atoms with Crippen LogP contribution in [-0.4, -0.2) is 24.4 Å². The summed E-state index contributed by atoms with van der Waals surface area (Å²) in [6.07, 6.45) is 6.74. The second-order valence-electron chi connectivity index (χ2n) is 9.21. The number of fused-ring (bicyclic) bond motifs is 3. The van der Waals surface area contributed by atoms with E-state index in [2.05, 4.69) is 54.4 Å². The molecule has 182 valence electrons. The van der Waals surface area contributed by atoms with Crippen molar-refractivity contribution >= 4 is 5.71 Å². The molecular weight excluding hydrogens is 436 g/mol. The third-order valence-electron chi connectivity index (χ3n) is 6.80. The number of methoxy groups -OCH3 is 1. The fraction of sp³-hybridized carbons (Fsp3) is 0.367. The van der Waals surface area contributed by atoms with Gasteiger partial charge in [0.25, 0.3) is 0 Å². The van der Waals surface area contributed by atoms with Crippen molar-refractivity contribution < 1.29 is 14.2 Å². The van der Waals surface area contributed by atoms with E-state index in [0.29, 0.717) is 0 Å². The van der Waals surface area contributed by atoms with Crippen molar-refractivity contribution in [2.75, 3.05) is 13.7 Å². The average molecular weight is 471 g/mol. The standard InChI is InChI=1S/C30H34N2O3/c1-3-4-5-6-9-20-34-25-18-14-23(15-19-25)30-32-28(26-10-7-8-11-29(26)35-30)21-27(31-32)22-12-16-24(33-2)17-13-22/h7-8,10-19,28,30H,3-6,9,20-21H2,1-2H3/t28-,30-/m1/s1. The number of hydrazone groups is 1. The Kier molecular flexibility index (Phi) is 7.22. The van der Waals surface area contributed by atoms with Crippen LogP contribution in [0.5, 0.6) is 17.2 Å². The van der Waals surface area contributed by atoms with Gasteiger partial charge < -0.3 is 14.2 Å². The molecule has 0 aliphatic carbocycles. The predicted molar refractivity (Wildman–Crippen MR) is 139 cm³/mol. The molecule has 0 unspecified atom stereocenters. The molecule has 5 nitrogen and oxygen atoms in total. The van der Waals surface area contributed by atoms with Gasteiger partial charge >= 0.3 is 0 Å². The van der Waals surface area contributed by atoms with E-state index in [1.165, 1.54) is 31.2 Å². The Labute approximate surface area is 208 Å². The van der Waals surface area contributed by atoms with E-state index >= 15 is 0 Å². The van der Waals surface area contributed by atoms with Crippen molar-refractivity contribution in [2.24, 2.45) is 5.10 Å². The monoisotopic (exact) mass is 470 g/mol. The van der Waals surface area contributed by atoms with Crippen molar-refractivity contribution in [3.63, 3.8) is 0 Å². The van der Waals surface area contributed by atoms with Crippen LogP contribution in [-0.2, 0) is 0 Å². The smallest absolute Gasteiger partial charge is 0.213 e. The molecule has 3 aromatic rings. The molecule has 2 heterocycles. The second kappa shape index (κ2) is 10.9. The SMILES string of the molecule is CCCCCCCOc1ccc([C@H]2Oc3ccccc3[C@H]3CC(c4ccc(OC)cc4)=NN32)cc1. The van der Waals surface area contributed by atoms with E-state index in [9.17, 15) is 0 Å². The number of rotatable bonds is 10. The minimum absolute atomic E-state index is 0.140. The van der Waals surface area contributed by atoms with Crippen molar-refractivity contribution in [3.8, 4) is 17.2 Å². The number of unbranched alkanes of at least 4 members (excludes halogenated alkanes) is 4. The van der Waals surface area contributed by atoms with Gasteiger partial charge in [0.05, 0.1) is 25.5 Å². The molecule has 5 heteroatoms. The van der Waals surface area contributed by atoms with Crippen LogP contribution < -0.4 is 14.2 Å². The van der Waals surface area contributed by atoms with Gasteiger partial charge in [-0.15, -0.1) is 0 Å². The van der Waals surface area contributed by atoms with Gasteiger partial charge in [-0.05, 0) is 66.6 Å². The summed E-state index contributed by atoms with van der Waals surface area (Å²) in [4.78, 5) is 0. The van der Waals surface area contributed by atoms with Crippen molar-refractivity contribution in [1.82, 2.24) is 5.01 Å². The number of hydrogen-bond donors (Lipinski definition) is 0. The van der Waals surface area contributed by atoms with Gasteiger partial charge in [-0.2, -0.15) is 5.10 Å². The first-order chi connectivity index (χ1) is 17.3. The van der Waals surface area contributed by atoms with Crippen LogP contribution in [0.15, 0.2) is 77.9 Å². The van der Waals surface area contributed by atoms with Gasteiger partial charge in [0.2, 0.25) is 6.23 Å². The summed E-state index contributed by atoms with van der Waals surface area (Å²) in [6.45, 7) is 3.00. The Morgan fingerprint density at radius 3 is 2.40 bits per heavy atom. The molecule has 0 aromatic heterocycles. The topological polar surface area (TPSA) is 43.3 Å². The Morgan fingerprint density at radius 2 is 1.63 bits per heavy atom. The third kappa shape index (κ3) is 5.14. The zero-order valence-electron chi connectivity index (χ0n) is 20.7. The lowest BCUT2D eigenvalue weighted by molar-refractivity contribution is -0.0190. The van der Waals surface area contributed by atoms with Gasteiger partial charge in [-0.3, -0.25) is 0 Å². The molecule has 35 heavy (non-hydrogen) atoms. The largest absolute Gasteiger partial charge is 0.497 e. The molecule has 2 atom stereocenters. The molecule has 0 N–H and O–H groups in total. The fourth-order valence-corrected chi connectivity index (χ4v) is 4.84. The van der Waals surface area contributed by atoms with E-state index in [0.717, 1.165) is 53.5 Å². The third-order valence-corrected chi connectivity index (χ3v) is 6.80. The molecule has 5 rings (SSSR count). The summed E-state index contributed by atoms with van der Waals surface area (Å²) in [5.74, 6) is 2.68. The maximum absolute atomic E-state index is 6.49. The highest BCUT2D eigenvalue weighted by Gasteiger charge is 2.40. The Bertz CT molecular complexity index is 1140. The molecule has 0 amide bonds. The minimum Gasteiger partial charge on any atom is -0.497 e. The van der Waals surface area contributed by atoms with Crippen LogP contribution in [0.4, 0.5) is 0 Å². The maximum atomic E-state index is 6.49. The molecule has 0 saturated heterocycles. The average Bonchev–Trinajstić information content (AvgIpc) is 3.36. The highest BCUT2D eigenvalue weighted by molar-refractivity contribution is 6.02. The molecule has 0 saturated carbocycles. The number of ether oxygens (including phenoxy) is 3. The zero-order valence-corrected chi connectivity index (χ0v) is 20.7. The van der Waals surface area contributed by atoms with E-state index in [1.807, 2.05) is 30.3 Å². The van der Waals surface area contributed by atoms with Crippen LogP contribution in [0.3, 0.4) is 0 Å². The summed E-state index contributed by atoms with van der Waals surface area (Å²) in [7, 11) is 1.69. The normalized spacial score (nSPS) is 18.3. The first-order valence-electron chi connectivity index (χ1n) is 12.8. The van der Waals surface area contributed by atoms with E-state index in [-0.39, 0.29) is 12.3 Å². The lowest BCUT2D eigenvalue weighted by Gasteiger charge is -2.38. The molecule has 0 bridgehead atoms. The molecule has 2 aliphatic heterocycles.